The molecule has 126 valence electrons. The van der Waals surface area contributed by atoms with Crippen LogP contribution in [0.1, 0.15) is 11.5 Å². The number of aromatic nitrogens is 3. The van der Waals surface area contributed by atoms with Gasteiger partial charge in [-0.05, 0) is 19.1 Å². The van der Waals surface area contributed by atoms with Crippen molar-refractivity contribution in [3.63, 3.8) is 0 Å². The molecule has 0 saturated carbocycles. The summed E-state index contributed by atoms with van der Waals surface area (Å²) < 4.78 is 7.08. The Morgan fingerprint density at radius 2 is 2.17 bits per heavy atom. The summed E-state index contributed by atoms with van der Waals surface area (Å²) in [5, 5.41) is 7.31. The molecule has 0 atom stereocenters. The van der Waals surface area contributed by atoms with Gasteiger partial charge in [-0.2, -0.15) is 0 Å². The lowest BCUT2D eigenvalue weighted by Gasteiger charge is -2.21. The van der Waals surface area contributed by atoms with Gasteiger partial charge in [-0.15, -0.1) is 0 Å². The topological polar surface area (TPSA) is 71.5 Å². The first kappa shape index (κ1) is 16.0. The van der Waals surface area contributed by atoms with Crippen molar-refractivity contribution in [2.24, 2.45) is 4.99 Å². The minimum atomic E-state index is 0.642. The molecule has 0 aliphatic heterocycles. The van der Waals surface area contributed by atoms with E-state index in [1.165, 1.54) is 0 Å². The molecule has 0 unspecified atom stereocenters. The molecule has 0 radical (unpaired) electrons. The first-order valence-corrected chi connectivity index (χ1v) is 7.92. The summed E-state index contributed by atoms with van der Waals surface area (Å²) in [4.78, 5) is 10.9. The van der Waals surface area contributed by atoms with Crippen LogP contribution >= 0.6 is 0 Å². The second-order valence-electron chi connectivity index (χ2n) is 5.62. The molecule has 2 aromatic heterocycles. The highest BCUT2D eigenvalue weighted by Gasteiger charge is 2.10. The summed E-state index contributed by atoms with van der Waals surface area (Å²) in [5.74, 6) is 1.84. The van der Waals surface area contributed by atoms with E-state index < -0.39 is 0 Å². The van der Waals surface area contributed by atoms with Gasteiger partial charge >= 0.3 is 0 Å². The van der Waals surface area contributed by atoms with Gasteiger partial charge in [0.05, 0.1) is 17.6 Å². The van der Waals surface area contributed by atoms with Crippen LogP contribution in [0.25, 0.3) is 11.0 Å². The summed E-state index contributed by atoms with van der Waals surface area (Å²) >= 11 is 0. The Bertz CT molecular complexity index is 821. The lowest BCUT2D eigenvalue weighted by molar-refractivity contribution is 0.391. The minimum absolute atomic E-state index is 0.642. The quantitative estimate of drug-likeness (QED) is 0.574. The molecular weight excluding hydrogens is 304 g/mol. The third-order valence-corrected chi connectivity index (χ3v) is 3.93. The van der Waals surface area contributed by atoms with Crippen molar-refractivity contribution in [3.05, 3.63) is 48.1 Å². The molecule has 0 aliphatic rings. The van der Waals surface area contributed by atoms with Gasteiger partial charge in [-0.25, -0.2) is 4.98 Å². The number of imidazole rings is 1. The van der Waals surface area contributed by atoms with Crippen molar-refractivity contribution in [1.82, 2.24) is 24.9 Å². The van der Waals surface area contributed by atoms with Crippen molar-refractivity contribution >= 4 is 17.0 Å². The monoisotopic (exact) mass is 326 g/mol. The second-order valence-corrected chi connectivity index (χ2v) is 5.62. The Hall–Kier alpha value is -2.83. The molecule has 0 spiro atoms. The number of benzene rings is 1. The third-order valence-electron chi connectivity index (χ3n) is 3.93. The van der Waals surface area contributed by atoms with Crippen LogP contribution in [0.2, 0.25) is 0 Å². The number of para-hydroxylation sites is 2. The molecule has 0 fully saturated rings. The van der Waals surface area contributed by atoms with E-state index in [1.54, 1.807) is 13.3 Å². The van der Waals surface area contributed by atoms with E-state index in [0.29, 0.717) is 6.54 Å². The molecule has 3 rings (SSSR count). The van der Waals surface area contributed by atoms with Crippen LogP contribution in [-0.2, 0) is 13.1 Å². The number of aliphatic imine (C=N–C) groups is 1. The number of nitrogens with zero attached hydrogens (tertiary/aromatic N) is 5. The van der Waals surface area contributed by atoms with E-state index in [2.05, 4.69) is 31.1 Å². The Labute approximate surface area is 141 Å². The molecule has 1 aromatic carbocycles. The van der Waals surface area contributed by atoms with E-state index >= 15 is 0 Å². The molecule has 7 heteroatoms. The summed E-state index contributed by atoms with van der Waals surface area (Å²) in [7, 11) is 3.75. The molecule has 3 aromatic rings. The highest BCUT2D eigenvalue weighted by Crippen LogP contribution is 2.14. The van der Waals surface area contributed by atoms with Gasteiger partial charge in [0.25, 0.3) is 0 Å². The Kier molecular flexibility index (Phi) is 4.79. The molecule has 0 aliphatic carbocycles. The van der Waals surface area contributed by atoms with Gasteiger partial charge in [-0.3, -0.25) is 4.99 Å². The number of hydrogen-bond acceptors (Lipinski definition) is 4. The summed E-state index contributed by atoms with van der Waals surface area (Å²) in [5.41, 5.74) is 3.06. The highest BCUT2D eigenvalue weighted by molar-refractivity contribution is 5.79. The number of guanidine groups is 1. The van der Waals surface area contributed by atoms with Crippen LogP contribution in [0.5, 0.6) is 0 Å². The van der Waals surface area contributed by atoms with Crippen LogP contribution in [0.15, 0.2) is 46.1 Å². The van der Waals surface area contributed by atoms with Gasteiger partial charge in [0.1, 0.15) is 17.8 Å². The molecule has 0 saturated heterocycles. The van der Waals surface area contributed by atoms with E-state index in [-0.39, 0.29) is 0 Å². The van der Waals surface area contributed by atoms with Crippen molar-refractivity contribution in [2.75, 3.05) is 20.6 Å². The largest absolute Gasteiger partial charge is 0.364 e. The predicted molar refractivity (Wildman–Crippen MR) is 93.8 cm³/mol. The van der Waals surface area contributed by atoms with Gasteiger partial charge in [0, 0.05) is 33.3 Å². The van der Waals surface area contributed by atoms with Crippen LogP contribution in [-0.4, -0.2) is 46.2 Å². The van der Waals surface area contributed by atoms with E-state index in [9.17, 15) is 0 Å². The molecule has 0 bridgehead atoms. The SMILES string of the molecule is CN=C(NCCn1c(C)nc2ccccc21)N(C)Cc1ccon1. The lowest BCUT2D eigenvalue weighted by atomic mass is 10.3. The molecule has 0 amide bonds. The van der Waals surface area contributed by atoms with Crippen molar-refractivity contribution in [2.45, 2.75) is 20.0 Å². The fourth-order valence-corrected chi connectivity index (χ4v) is 2.78. The average Bonchev–Trinajstić information content (AvgIpc) is 3.19. The highest BCUT2D eigenvalue weighted by atomic mass is 16.5. The summed E-state index contributed by atoms with van der Waals surface area (Å²) in [6, 6.07) is 10.0. The zero-order chi connectivity index (χ0) is 16.9. The maximum atomic E-state index is 4.87. The maximum Gasteiger partial charge on any atom is 0.193 e. The fraction of sp³-hybridized carbons (Fsp3) is 0.353. The Balaban J connectivity index is 1.61. The number of fused-ring (bicyclic) bond motifs is 1. The average molecular weight is 326 g/mol. The standard InChI is InChI=1S/C17H22N6O/c1-13-20-15-6-4-5-7-16(15)23(13)10-9-19-17(18-2)22(3)12-14-8-11-24-21-14/h4-8,11H,9-10,12H2,1-3H3,(H,18,19). The molecule has 7 nitrogen and oxygen atoms in total. The minimum Gasteiger partial charge on any atom is -0.364 e. The summed E-state index contributed by atoms with van der Waals surface area (Å²) in [6.07, 6.45) is 1.58. The fourth-order valence-electron chi connectivity index (χ4n) is 2.78. The van der Waals surface area contributed by atoms with Crippen LogP contribution in [0.4, 0.5) is 0 Å². The predicted octanol–water partition coefficient (Wildman–Crippen LogP) is 2.04. The van der Waals surface area contributed by atoms with Gasteiger partial charge in [-0.1, -0.05) is 17.3 Å². The molecule has 1 N–H and O–H groups in total. The van der Waals surface area contributed by atoms with E-state index in [1.807, 2.05) is 43.1 Å². The number of nitrogens with one attached hydrogen (secondary N) is 1. The second kappa shape index (κ2) is 7.16. The number of aryl methyl sites for hydroxylation is 1. The summed E-state index contributed by atoms with van der Waals surface area (Å²) in [6.45, 7) is 4.26. The molecule has 2 heterocycles. The van der Waals surface area contributed by atoms with Crippen molar-refractivity contribution in [1.29, 1.82) is 0 Å². The molecular formula is C17H22N6O. The zero-order valence-corrected chi connectivity index (χ0v) is 14.2. The van der Waals surface area contributed by atoms with Gasteiger partial charge < -0.3 is 19.3 Å². The van der Waals surface area contributed by atoms with E-state index in [0.717, 1.165) is 41.6 Å². The normalized spacial score (nSPS) is 11.9. The van der Waals surface area contributed by atoms with Gasteiger partial charge in [0.2, 0.25) is 0 Å². The van der Waals surface area contributed by atoms with Gasteiger partial charge in [0.15, 0.2) is 5.96 Å². The lowest BCUT2D eigenvalue weighted by Crippen LogP contribution is -2.39. The third kappa shape index (κ3) is 3.40. The first-order valence-electron chi connectivity index (χ1n) is 7.92. The Morgan fingerprint density at radius 3 is 2.92 bits per heavy atom. The van der Waals surface area contributed by atoms with Crippen molar-refractivity contribution in [3.8, 4) is 0 Å². The van der Waals surface area contributed by atoms with Crippen LogP contribution in [0, 0.1) is 6.92 Å². The number of rotatable bonds is 5. The molecule has 24 heavy (non-hydrogen) atoms. The Morgan fingerprint density at radius 1 is 1.33 bits per heavy atom. The van der Waals surface area contributed by atoms with E-state index in [4.69, 9.17) is 4.52 Å². The maximum absolute atomic E-state index is 4.87. The van der Waals surface area contributed by atoms with Crippen LogP contribution < -0.4 is 5.32 Å². The van der Waals surface area contributed by atoms with Crippen molar-refractivity contribution < 1.29 is 4.52 Å². The smallest absolute Gasteiger partial charge is 0.193 e. The first-order chi connectivity index (χ1) is 11.7. The zero-order valence-electron chi connectivity index (χ0n) is 14.2. The number of hydrogen-bond donors (Lipinski definition) is 1. The van der Waals surface area contributed by atoms with Crippen LogP contribution in [0.3, 0.4) is 0 Å².